The number of aryl methyl sites for hydroxylation is 1. The lowest BCUT2D eigenvalue weighted by molar-refractivity contribution is 0.775. The minimum absolute atomic E-state index is 0.489. The third kappa shape index (κ3) is 3.43. The van der Waals surface area contributed by atoms with Crippen LogP contribution < -0.4 is 0 Å². The second kappa shape index (κ2) is 9.45. The lowest BCUT2D eigenvalue weighted by atomic mass is 9.65. The molecule has 1 aromatic heterocycles. The second-order valence-corrected chi connectivity index (χ2v) is 11.9. The first-order chi connectivity index (χ1) is 21.7. The van der Waals surface area contributed by atoms with Crippen LogP contribution in [0.1, 0.15) is 27.8 Å². The maximum absolute atomic E-state index is 4.81. The van der Waals surface area contributed by atoms with E-state index in [-0.39, 0.29) is 0 Å². The van der Waals surface area contributed by atoms with E-state index in [1.165, 1.54) is 61.2 Å². The summed E-state index contributed by atoms with van der Waals surface area (Å²) in [4.78, 5) is 9.61. The fourth-order valence-corrected chi connectivity index (χ4v) is 7.56. The fourth-order valence-electron chi connectivity index (χ4n) is 7.56. The summed E-state index contributed by atoms with van der Waals surface area (Å²) in [7, 11) is 0. The molecule has 206 valence electrons. The van der Waals surface area contributed by atoms with Crippen LogP contribution in [0.25, 0.3) is 55.9 Å². The van der Waals surface area contributed by atoms with Gasteiger partial charge in [-0.3, -0.25) is 0 Å². The monoisotopic (exact) mass is 560 g/mol. The van der Waals surface area contributed by atoms with E-state index < -0.39 is 5.41 Å². The maximum atomic E-state index is 4.81. The number of rotatable bonds is 2. The quantitative estimate of drug-likeness (QED) is 0.210. The van der Waals surface area contributed by atoms with E-state index in [1.807, 2.05) is 12.4 Å². The Labute approximate surface area is 257 Å². The molecule has 2 aliphatic rings. The van der Waals surface area contributed by atoms with Gasteiger partial charge in [0, 0.05) is 23.5 Å². The summed E-state index contributed by atoms with van der Waals surface area (Å²) in [6.45, 7) is 2.09. The van der Waals surface area contributed by atoms with Crippen LogP contribution in [0.15, 0.2) is 152 Å². The van der Waals surface area contributed by atoms with Crippen molar-refractivity contribution in [3.63, 3.8) is 0 Å². The highest BCUT2D eigenvalue weighted by atomic mass is 14.9. The summed E-state index contributed by atoms with van der Waals surface area (Å²) in [6, 6.07) is 51.1. The lowest BCUT2D eigenvalue weighted by Crippen LogP contribution is -2.29. The molecule has 0 unspecified atom stereocenters. The summed E-state index contributed by atoms with van der Waals surface area (Å²) in [5.41, 5.74) is 16.8. The van der Waals surface area contributed by atoms with Gasteiger partial charge in [0.05, 0.1) is 5.41 Å². The highest BCUT2D eigenvalue weighted by Crippen LogP contribution is 2.61. The maximum Gasteiger partial charge on any atom is 0.159 e. The van der Waals surface area contributed by atoms with Crippen LogP contribution in [0.2, 0.25) is 0 Å². The van der Waals surface area contributed by atoms with Crippen molar-refractivity contribution in [2.24, 2.45) is 0 Å². The molecule has 6 aromatic carbocycles. The smallest absolute Gasteiger partial charge is 0.159 e. The van der Waals surface area contributed by atoms with Gasteiger partial charge in [-0.05, 0) is 74.2 Å². The highest BCUT2D eigenvalue weighted by molar-refractivity contribution is 5.97. The lowest BCUT2D eigenvalue weighted by Gasteiger charge is -2.35. The van der Waals surface area contributed by atoms with Crippen LogP contribution in [-0.4, -0.2) is 9.97 Å². The van der Waals surface area contributed by atoms with E-state index in [1.54, 1.807) is 0 Å². The third-order valence-electron chi connectivity index (χ3n) is 9.51. The molecular weight excluding hydrogens is 532 g/mol. The van der Waals surface area contributed by atoms with Gasteiger partial charge in [-0.25, -0.2) is 9.97 Å². The first-order valence-corrected chi connectivity index (χ1v) is 15.2. The van der Waals surface area contributed by atoms with E-state index in [0.717, 1.165) is 22.5 Å². The van der Waals surface area contributed by atoms with Gasteiger partial charge >= 0.3 is 0 Å². The van der Waals surface area contributed by atoms with E-state index in [2.05, 4.69) is 146 Å². The zero-order valence-corrected chi connectivity index (χ0v) is 24.3. The number of nitrogens with zero attached hydrogens (tertiary/aromatic N) is 2. The summed E-state index contributed by atoms with van der Waals surface area (Å²) in [6.07, 6.45) is 3.93. The van der Waals surface area contributed by atoms with Gasteiger partial charge in [0.2, 0.25) is 0 Å². The van der Waals surface area contributed by atoms with E-state index >= 15 is 0 Å². The molecule has 0 aliphatic heterocycles. The predicted octanol–water partition coefficient (Wildman–Crippen LogP) is 10.1. The van der Waals surface area contributed by atoms with E-state index in [4.69, 9.17) is 9.97 Å². The summed E-state index contributed by atoms with van der Waals surface area (Å²) in [5.74, 6) is 0.737. The molecular formula is C42H28N2. The standard InChI is InChI=1S/C42H28N2/c1-27-18-20-28(21-19-27)41-43-25-30(26-44-41)29-22-23-36-32-11-3-2-10-31(32)33-12-4-7-15-37(33)42(40(36)24-29)38-16-8-5-13-34(38)35-14-6-9-17-39(35)42/h2-26H,1H3. The molecule has 2 heteroatoms. The first-order valence-electron chi connectivity index (χ1n) is 15.2. The Morgan fingerprint density at radius 1 is 0.386 bits per heavy atom. The predicted molar refractivity (Wildman–Crippen MR) is 179 cm³/mol. The van der Waals surface area contributed by atoms with Crippen molar-refractivity contribution >= 4 is 0 Å². The van der Waals surface area contributed by atoms with Crippen LogP contribution >= 0.6 is 0 Å². The minimum Gasteiger partial charge on any atom is -0.236 e. The molecule has 0 saturated heterocycles. The van der Waals surface area contributed by atoms with Crippen molar-refractivity contribution in [1.82, 2.24) is 9.97 Å². The highest BCUT2D eigenvalue weighted by Gasteiger charge is 2.49. The molecule has 1 heterocycles. The summed E-state index contributed by atoms with van der Waals surface area (Å²) in [5, 5.41) is 0. The zero-order valence-electron chi connectivity index (χ0n) is 24.3. The summed E-state index contributed by atoms with van der Waals surface area (Å²) >= 11 is 0. The van der Waals surface area contributed by atoms with Crippen LogP contribution in [0.3, 0.4) is 0 Å². The number of benzene rings is 6. The SMILES string of the molecule is Cc1ccc(-c2ncc(-c3ccc4c(c3)C3(c5ccccc5-c5ccccc5-4)c4ccccc4-c4ccccc43)cn2)cc1. The minimum atomic E-state index is -0.489. The van der Waals surface area contributed by atoms with Crippen LogP contribution in [0, 0.1) is 6.92 Å². The average molecular weight is 561 g/mol. The normalized spacial score (nSPS) is 13.3. The van der Waals surface area contributed by atoms with Crippen molar-refractivity contribution in [2.75, 3.05) is 0 Å². The first kappa shape index (κ1) is 24.9. The van der Waals surface area contributed by atoms with Gasteiger partial charge in [0.25, 0.3) is 0 Å². The van der Waals surface area contributed by atoms with Crippen molar-refractivity contribution in [1.29, 1.82) is 0 Å². The molecule has 0 atom stereocenters. The molecule has 0 saturated carbocycles. The molecule has 44 heavy (non-hydrogen) atoms. The third-order valence-corrected chi connectivity index (χ3v) is 9.51. The number of hydrogen-bond acceptors (Lipinski definition) is 2. The Morgan fingerprint density at radius 2 is 0.818 bits per heavy atom. The Morgan fingerprint density at radius 3 is 1.36 bits per heavy atom. The zero-order chi connectivity index (χ0) is 29.3. The van der Waals surface area contributed by atoms with Gasteiger partial charge < -0.3 is 0 Å². The van der Waals surface area contributed by atoms with Gasteiger partial charge in [-0.2, -0.15) is 0 Å². The van der Waals surface area contributed by atoms with Crippen molar-refractivity contribution < 1.29 is 0 Å². The Hall–Kier alpha value is -5.60. The molecule has 1 spiro atoms. The number of aromatic nitrogens is 2. The molecule has 2 aliphatic carbocycles. The van der Waals surface area contributed by atoms with Gasteiger partial charge in [0.1, 0.15) is 0 Å². The van der Waals surface area contributed by atoms with E-state index in [9.17, 15) is 0 Å². The van der Waals surface area contributed by atoms with Crippen molar-refractivity contribution in [3.8, 4) is 55.9 Å². The van der Waals surface area contributed by atoms with Gasteiger partial charge in [-0.1, -0.05) is 139 Å². The average Bonchev–Trinajstić information content (AvgIpc) is 3.34. The number of fused-ring (bicyclic) bond motifs is 12. The largest absolute Gasteiger partial charge is 0.236 e. The fraction of sp³-hybridized carbons (Fsp3) is 0.0476. The van der Waals surface area contributed by atoms with Gasteiger partial charge in [-0.15, -0.1) is 0 Å². The summed E-state index contributed by atoms with van der Waals surface area (Å²) < 4.78 is 0. The molecule has 0 amide bonds. The molecule has 0 radical (unpaired) electrons. The van der Waals surface area contributed by atoms with Crippen molar-refractivity contribution in [3.05, 3.63) is 180 Å². The molecule has 0 fully saturated rings. The molecule has 9 rings (SSSR count). The van der Waals surface area contributed by atoms with Crippen LogP contribution in [0.5, 0.6) is 0 Å². The molecule has 0 bridgehead atoms. The van der Waals surface area contributed by atoms with Crippen LogP contribution in [0.4, 0.5) is 0 Å². The molecule has 7 aromatic rings. The molecule has 2 nitrogen and oxygen atoms in total. The van der Waals surface area contributed by atoms with Gasteiger partial charge in [0.15, 0.2) is 5.82 Å². The number of hydrogen-bond donors (Lipinski definition) is 0. The Balaban J connectivity index is 1.35. The van der Waals surface area contributed by atoms with Crippen molar-refractivity contribution in [2.45, 2.75) is 12.3 Å². The van der Waals surface area contributed by atoms with E-state index in [0.29, 0.717) is 0 Å². The Kier molecular flexibility index (Phi) is 5.36. The molecule has 0 N–H and O–H groups in total. The topological polar surface area (TPSA) is 25.8 Å². The second-order valence-electron chi connectivity index (χ2n) is 11.9. The Bertz CT molecular complexity index is 2180. The van der Waals surface area contributed by atoms with Crippen LogP contribution in [-0.2, 0) is 5.41 Å².